The van der Waals surface area contributed by atoms with Crippen molar-refractivity contribution in [3.05, 3.63) is 90.0 Å². The van der Waals surface area contributed by atoms with Gasteiger partial charge in [0, 0.05) is 12.6 Å². The van der Waals surface area contributed by atoms with E-state index in [1.54, 1.807) is 36.4 Å². The van der Waals surface area contributed by atoms with Crippen LogP contribution in [-0.2, 0) is 16.3 Å². The molecule has 1 N–H and O–H groups in total. The van der Waals surface area contributed by atoms with Gasteiger partial charge < -0.3 is 10.1 Å². The maximum atomic E-state index is 12.9. The van der Waals surface area contributed by atoms with Gasteiger partial charge in [0.15, 0.2) is 0 Å². The number of rotatable bonds is 6. The van der Waals surface area contributed by atoms with Gasteiger partial charge in [0.05, 0.1) is 9.79 Å². The molecule has 1 aliphatic rings. The number of hydrogen-bond donors (Lipinski definition) is 1. The summed E-state index contributed by atoms with van der Waals surface area (Å²) in [5.41, 5.74) is 2.30. The van der Waals surface area contributed by atoms with E-state index < -0.39 is 9.84 Å². The van der Waals surface area contributed by atoms with E-state index in [4.69, 9.17) is 4.74 Å². The minimum atomic E-state index is -3.55. The molecule has 0 bridgehead atoms. The lowest BCUT2D eigenvalue weighted by molar-refractivity contribution is 0.166. The van der Waals surface area contributed by atoms with E-state index in [1.807, 2.05) is 30.3 Å². The molecule has 0 radical (unpaired) electrons. The average Bonchev–Trinajstić information content (AvgIpc) is 2.78. The number of ether oxygens (including phenoxy) is 1. The normalized spacial score (nSPS) is 17.2. The van der Waals surface area contributed by atoms with Gasteiger partial charge in [-0.1, -0.05) is 54.6 Å². The standard InChI is InChI=1S/C24H25NO3S/c1-18(19-8-4-2-5-9-19)25-17-21-14-12-20-13-15-23(16-24(20)28-21)29(26,27)22-10-6-3-7-11-22/h2-11,13,15-16,18,21,25H,12,14,17H2,1H3/t18?,21-/m1/s1. The fraction of sp³-hybridized carbons (Fsp3) is 0.250. The SMILES string of the molecule is CC(NC[C@H]1CCc2ccc(S(=O)(=O)c3ccccc3)cc2O1)c1ccccc1. The summed E-state index contributed by atoms with van der Waals surface area (Å²) in [4.78, 5) is 0.569. The molecular formula is C24H25NO3S. The largest absolute Gasteiger partial charge is 0.489 e. The number of nitrogens with one attached hydrogen (secondary N) is 1. The zero-order valence-electron chi connectivity index (χ0n) is 16.4. The van der Waals surface area contributed by atoms with Crippen LogP contribution >= 0.6 is 0 Å². The van der Waals surface area contributed by atoms with Gasteiger partial charge in [0.25, 0.3) is 0 Å². The Bertz CT molecular complexity index is 1070. The summed E-state index contributed by atoms with van der Waals surface area (Å²) in [6.45, 7) is 2.85. The Labute approximate surface area is 172 Å². The van der Waals surface area contributed by atoms with Gasteiger partial charge in [0.1, 0.15) is 11.9 Å². The lowest BCUT2D eigenvalue weighted by atomic mass is 10.0. The average molecular weight is 408 g/mol. The van der Waals surface area contributed by atoms with Crippen LogP contribution in [0.5, 0.6) is 5.75 Å². The predicted molar refractivity (Wildman–Crippen MR) is 114 cm³/mol. The van der Waals surface area contributed by atoms with E-state index in [-0.39, 0.29) is 17.0 Å². The van der Waals surface area contributed by atoms with Crippen LogP contribution in [0.25, 0.3) is 0 Å². The molecule has 3 aromatic rings. The van der Waals surface area contributed by atoms with Crippen LogP contribution < -0.4 is 10.1 Å². The van der Waals surface area contributed by atoms with E-state index >= 15 is 0 Å². The highest BCUT2D eigenvalue weighted by Gasteiger charge is 2.24. The molecule has 1 aliphatic heterocycles. The lowest BCUT2D eigenvalue weighted by Gasteiger charge is -2.28. The third-order valence-corrected chi connectivity index (χ3v) is 7.15. The van der Waals surface area contributed by atoms with Crippen molar-refractivity contribution in [3.63, 3.8) is 0 Å². The topological polar surface area (TPSA) is 55.4 Å². The molecule has 0 fully saturated rings. The maximum Gasteiger partial charge on any atom is 0.206 e. The van der Waals surface area contributed by atoms with Gasteiger partial charge in [-0.2, -0.15) is 0 Å². The van der Waals surface area contributed by atoms with Gasteiger partial charge in [0.2, 0.25) is 9.84 Å². The zero-order valence-corrected chi connectivity index (χ0v) is 17.2. The lowest BCUT2D eigenvalue weighted by Crippen LogP contribution is -2.35. The number of benzene rings is 3. The van der Waals surface area contributed by atoms with E-state index in [2.05, 4.69) is 24.4 Å². The summed E-state index contributed by atoms with van der Waals surface area (Å²) in [5.74, 6) is 0.674. The molecule has 0 saturated carbocycles. The number of fused-ring (bicyclic) bond motifs is 1. The van der Waals surface area contributed by atoms with E-state index in [0.29, 0.717) is 17.2 Å². The van der Waals surface area contributed by atoms with Crippen LogP contribution in [0.1, 0.15) is 30.5 Å². The third-order valence-electron chi connectivity index (χ3n) is 5.38. The van der Waals surface area contributed by atoms with Crippen LogP contribution in [0.15, 0.2) is 88.7 Å². The molecule has 3 aromatic carbocycles. The van der Waals surface area contributed by atoms with Crippen LogP contribution in [0.3, 0.4) is 0 Å². The molecule has 1 unspecified atom stereocenters. The Kier molecular flexibility index (Phi) is 5.69. The predicted octanol–water partition coefficient (Wildman–Crippen LogP) is 4.56. The van der Waals surface area contributed by atoms with Crippen molar-refractivity contribution in [1.82, 2.24) is 5.32 Å². The van der Waals surface area contributed by atoms with Crippen molar-refractivity contribution in [2.45, 2.75) is 41.7 Å². The number of hydrogen-bond acceptors (Lipinski definition) is 4. The molecule has 1 heterocycles. The van der Waals surface area contributed by atoms with Crippen LogP contribution in [0.2, 0.25) is 0 Å². The molecule has 150 valence electrons. The van der Waals surface area contributed by atoms with Crippen molar-refractivity contribution in [1.29, 1.82) is 0 Å². The van der Waals surface area contributed by atoms with Crippen molar-refractivity contribution in [2.75, 3.05) is 6.54 Å². The fourth-order valence-electron chi connectivity index (χ4n) is 3.62. The quantitative estimate of drug-likeness (QED) is 0.651. The van der Waals surface area contributed by atoms with Gasteiger partial charge in [-0.25, -0.2) is 8.42 Å². The van der Waals surface area contributed by atoms with E-state index in [0.717, 1.165) is 18.4 Å². The summed E-state index contributed by atoms with van der Waals surface area (Å²) >= 11 is 0. The molecule has 0 saturated heterocycles. The van der Waals surface area contributed by atoms with Gasteiger partial charge in [-0.05, 0) is 55.2 Å². The van der Waals surface area contributed by atoms with Crippen LogP contribution in [-0.4, -0.2) is 21.1 Å². The van der Waals surface area contributed by atoms with Crippen molar-refractivity contribution in [2.24, 2.45) is 0 Å². The minimum absolute atomic E-state index is 0.0170. The molecular weight excluding hydrogens is 382 g/mol. The summed E-state index contributed by atoms with van der Waals surface area (Å²) in [6, 6.07) is 24.3. The van der Waals surface area contributed by atoms with E-state index in [1.165, 1.54) is 5.56 Å². The Morgan fingerprint density at radius 2 is 1.66 bits per heavy atom. The molecule has 4 rings (SSSR count). The first-order valence-corrected chi connectivity index (χ1v) is 11.4. The molecule has 0 spiro atoms. The van der Waals surface area contributed by atoms with Gasteiger partial charge in [-0.3, -0.25) is 0 Å². The summed E-state index contributed by atoms with van der Waals surface area (Å²) in [5, 5.41) is 3.53. The maximum absolute atomic E-state index is 12.9. The first-order valence-electron chi connectivity index (χ1n) is 9.92. The highest BCUT2D eigenvalue weighted by Crippen LogP contribution is 2.32. The minimum Gasteiger partial charge on any atom is -0.489 e. The number of aryl methyl sites for hydroxylation is 1. The molecule has 0 aliphatic carbocycles. The Morgan fingerprint density at radius 1 is 0.966 bits per heavy atom. The molecule has 5 heteroatoms. The highest BCUT2D eigenvalue weighted by molar-refractivity contribution is 7.91. The summed E-state index contributed by atoms with van der Waals surface area (Å²) in [6.07, 6.45) is 1.81. The second-order valence-corrected chi connectivity index (χ2v) is 9.35. The zero-order chi connectivity index (χ0) is 20.3. The molecule has 4 nitrogen and oxygen atoms in total. The molecule has 2 atom stereocenters. The van der Waals surface area contributed by atoms with Crippen molar-refractivity contribution in [3.8, 4) is 5.75 Å². The van der Waals surface area contributed by atoms with E-state index in [9.17, 15) is 8.42 Å². The Hall–Kier alpha value is -2.63. The van der Waals surface area contributed by atoms with Crippen molar-refractivity contribution >= 4 is 9.84 Å². The highest BCUT2D eigenvalue weighted by atomic mass is 32.2. The Balaban J connectivity index is 1.47. The van der Waals surface area contributed by atoms with Crippen molar-refractivity contribution < 1.29 is 13.2 Å². The first kappa shape index (κ1) is 19.7. The first-order chi connectivity index (χ1) is 14.0. The van der Waals surface area contributed by atoms with Crippen LogP contribution in [0, 0.1) is 0 Å². The van der Waals surface area contributed by atoms with Gasteiger partial charge in [-0.15, -0.1) is 0 Å². The monoisotopic (exact) mass is 407 g/mol. The third kappa shape index (κ3) is 4.36. The molecule has 0 amide bonds. The van der Waals surface area contributed by atoms with Gasteiger partial charge >= 0.3 is 0 Å². The summed E-state index contributed by atoms with van der Waals surface area (Å²) < 4.78 is 32.0. The Morgan fingerprint density at radius 3 is 2.38 bits per heavy atom. The fourth-order valence-corrected chi connectivity index (χ4v) is 4.92. The summed E-state index contributed by atoms with van der Waals surface area (Å²) in [7, 11) is -3.55. The molecule has 0 aromatic heterocycles. The second-order valence-electron chi connectivity index (χ2n) is 7.41. The second kappa shape index (κ2) is 8.39. The smallest absolute Gasteiger partial charge is 0.206 e. The number of sulfone groups is 1. The molecule has 29 heavy (non-hydrogen) atoms. The van der Waals surface area contributed by atoms with Crippen LogP contribution in [0.4, 0.5) is 0 Å².